The second-order valence-corrected chi connectivity index (χ2v) is 10.8. The van der Waals surface area contributed by atoms with E-state index in [9.17, 15) is 19.2 Å². The number of H-pyrrole nitrogens is 2. The molecule has 14 heteroatoms. The Bertz CT molecular complexity index is 1610. The number of aryl methyl sites for hydroxylation is 2. The summed E-state index contributed by atoms with van der Waals surface area (Å²) in [6.45, 7) is 3.42. The molecular weight excluding hydrogens is 580 g/mol. The molecule has 0 radical (unpaired) electrons. The van der Waals surface area contributed by atoms with E-state index in [4.69, 9.17) is 9.47 Å². The minimum atomic E-state index is -0.292. The van der Waals surface area contributed by atoms with Gasteiger partial charge in [0.25, 0.3) is 11.1 Å². The number of nitrogens with zero attached hydrogens (tertiary/aromatic N) is 2. The molecule has 0 aliphatic heterocycles. The van der Waals surface area contributed by atoms with Gasteiger partial charge in [-0.1, -0.05) is 35.7 Å². The summed E-state index contributed by atoms with van der Waals surface area (Å²) in [5.74, 6) is 0.395. The van der Waals surface area contributed by atoms with Gasteiger partial charge in [0.15, 0.2) is 10.3 Å². The molecule has 12 nitrogen and oxygen atoms in total. The highest BCUT2D eigenvalue weighted by atomic mass is 32.2. The molecule has 2 aromatic carbocycles. The van der Waals surface area contributed by atoms with Gasteiger partial charge in [0.05, 0.1) is 37.1 Å². The fraction of sp³-hybridized carbons (Fsp3) is 0.214. The number of anilines is 2. The number of ether oxygens (including phenoxy) is 2. The van der Waals surface area contributed by atoms with E-state index < -0.39 is 0 Å². The first-order valence-corrected chi connectivity index (χ1v) is 14.5. The highest BCUT2D eigenvalue weighted by Gasteiger charge is 2.14. The second kappa shape index (κ2) is 13.9. The van der Waals surface area contributed by atoms with Crippen LogP contribution in [0.4, 0.5) is 11.4 Å². The third-order valence-corrected chi connectivity index (χ3v) is 7.41. The molecule has 2 amide bonds. The van der Waals surface area contributed by atoms with Crippen LogP contribution in [0.15, 0.2) is 68.4 Å². The van der Waals surface area contributed by atoms with Crippen molar-refractivity contribution in [3.05, 3.63) is 80.6 Å². The lowest BCUT2D eigenvalue weighted by molar-refractivity contribution is -0.114. The van der Waals surface area contributed by atoms with Crippen LogP contribution in [0.1, 0.15) is 11.4 Å². The van der Waals surface area contributed by atoms with Gasteiger partial charge in [-0.2, -0.15) is 0 Å². The van der Waals surface area contributed by atoms with Crippen molar-refractivity contribution in [1.29, 1.82) is 0 Å². The third kappa shape index (κ3) is 8.24. The SMILES string of the molecule is COc1cc(-c2ccc(NC(=O)CSc3nc(C)cc(=O)[nH]3)c(OC)c2)ccc1NC(=O)CSc1nc(C)cc(=O)[nH]1. The molecule has 0 aliphatic rings. The maximum Gasteiger partial charge on any atom is 0.251 e. The average Bonchev–Trinajstić information content (AvgIpc) is 2.94. The van der Waals surface area contributed by atoms with Crippen LogP contribution in [0.2, 0.25) is 0 Å². The van der Waals surface area contributed by atoms with Crippen LogP contribution in [-0.2, 0) is 9.59 Å². The summed E-state index contributed by atoms with van der Waals surface area (Å²) in [4.78, 5) is 62.0. The molecule has 2 aromatic heterocycles. The smallest absolute Gasteiger partial charge is 0.251 e. The fourth-order valence-electron chi connectivity index (χ4n) is 3.83. The first-order valence-electron chi connectivity index (χ1n) is 12.5. The number of rotatable bonds is 11. The maximum atomic E-state index is 12.6. The van der Waals surface area contributed by atoms with E-state index in [-0.39, 0.29) is 34.4 Å². The predicted molar refractivity (Wildman–Crippen MR) is 163 cm³/mol. The molecule has 218 valence electrons. The van der Waals surface area contributed by atoms with Gasteiger partial charge in [0, 0.05) is 23.5 Å². The Kier molecular flexibility index (Phi) is 10.0. The number of hydrogen-bond donors (Lipinski definition) is 4. The summed E-state index contributed by atoms with van der Waals surface area (Å²) in [6, 6.07) is 13.4. The quantitative estimate of drug-likeness (QED) is 0.146. The summed E-state index contributed by atoms with van der Waals surface area (Å²) in [5.41, 5.74) is 3.14. The van der Waals surface area contributed by atoms with E-state index in [0.717, 1.165) is 34.7 Å². The Balaban J connectivity index is 1.41. The summed E-state index contributed by atoms with van der Waals surface area (Å²) >= 11 is 2.24. The standard InChI is InChI=1S/C28H28N6O6S2/c1-15-9-23(35)33-27(29-15)41-13-25(37)31-19-7-5-17(11-21(19)39-3)18-6-8-20(22(12-18)40-4)32-26(38)14-42-28-30-16(2)10-24(36)34-28/h5-12H,13-14H2,1-4H3,(H,31,37)(H,32,38)(H,29,33,35)(H,30,34,36). The molecular formula is C28H28N6O6S2. The molecule has 0 saturated heterocycles. The number of aromatic amines is 2. The molecule has 4 N–H and O–H groups in total. The molecule has 0 bridgehead atoms. The van der Waals surface area contributed by atoms with Gasteiger partial charge in [-0.25, -0.2) is 9.97 Å². The number of aromatic nitrogens is 4. The van der Waals surface area contributed by atoms with Gasteiger partial charge in [0.2, 0.25) is 11.8 Å². The molecule has 0 unspecified atom stereocenters. The summed E-state index contributed by atoms with van der Waals surface area (Å²) in [5, 5.41) is 6.37. The van der Waals surface area contributed by atoms with E-state index in [1.54, 1.807) is 38.1 Å². The van der Waals surface area contributed by atoms with E-state index in [1.165, 1.54) is 26.4 Å². The predicted octanol–water partition coefficient (Wildman–Crippen LogP) is 3.62. The van der Waals surface area contributed by atoms with Crippen molar-refractivity contribution in [2.45, 2.75) is 24.2 Å². The molecule has 0 fully saturated rings. The van der Waals surface area contributed by atoms with Crippen LogP contribution < -0.4 is 31.2 Å². The number of methoxy groups -OCH3 is 2. The number of carbonyl (C=O) groups excluding carboxylic acids is 2. The van der Waals surface area contributed by atoms with Crippen LogP contribution in [-0.4, -0.2) is 57.5 Å². The highest BCUT2D eigenvalue weighted by molar-refractivity contribution is 8.00. The Morgan fingerprint density at radius 3 is 1.48 bits per heavy atom. The Morgan fingerprint density at radius 1 is 0.714 bits per heavy atom. The Labute approximate surface area is 249 Å². The number of thioether (sulfide) groups is 2. The van der Waals surface area contributed by atoms with E-state index in [1.807, 2.05) is 12.1 Å². The molecule has 0 atom stereocenters. The van der Waals surface area contributed by atoms with Crippen LogP contribution in [0.5, 0.6) is 11.5 Å². The minimum absolute atomic E-state index is 0.0413. The van der Waals surface area contributed by atoms with Crippen molar-refractivity contribution in [3.8, 4) is 22.6 Å². The lowest BCUT2D eigenvalue weighted by Crippen LogP contribution is -2.16. The number of amides is 2. The van der Waals surface area contributed by atoms with Gasteiger partial charge in [-0.3, -0.25) is 19.2 Å². The third-order valence-electron chi connectivity index (χ3n) is 5.66. The number of hydrogen-bond acceptors (Lipinski definition) is 10. The highest BCUT2D eigenvalue weighted by Crippen LogP contribution is 2.35. The van der Waals surface area contributed by atoms with Crippen molar-refractivity contribution >= 4 is 46.7 Å². The number of benzene rings is 2. The summed E-state index contributed by atoms with van der Waals surface area (Å²) in [7, 11) is 3.01. The van der Waals surface area contributed by atoms with Crippen molar-refractivity contribution < 1.29 is 19.1 Å². The summed E-state index contributed by atoms with van der Waals surface area (Å²) in [6.07, 6.45) is 0. The van der Waals surface area contributed by atoms with Crippen molar-refractivity contribution in [2.24, 2.45) is 0 Å². The van der Waals surface area contributed by atoms with E-state index >= 15 is 0 Å². The molecule has 2 heterocycles. The van der Waals surface area contributed by atoms with Crippen LogP contribution in [0, 0.1) is 13.8 Å². The van der Waals surface area contributed by atoms with Gasteiger partial charge >= 0.3 is 0 Å². The molecule has 4 aromatic rings. The maximum absolute atomic E-state index is 12.6. The van der Waals surface area contributed by atoms with E-state index in [2.05, 4.69) is 30.6 Å². The monoisotopic (exact) mass is 608 g/mol. The van der Waals surface area contributed by atoms with Crippen molar-refractivity contribution in [3.63, 3.8) is 0 Å². The van der Waals surface area contributed by atoms with Gasteiger partial charge < -0.3 is 30.1 Å². The second-order valence-electron chi connectivity index (χ2n) is 8.89. The summed E-state index contributed by atoms with van der Waals surface area (Å²) < 4.78 is 11.0. The number of carbonyl (C=O) groups is 2. The van der Waals surface area contributed by atoms with Gasteiger partial charge in [0.1, 0.15) is 11.5 Å². The topological polar surface area (TPSA) is 168 Å². The van der Waals surface area contributed by atoms with Gasteiger partial charge in [-0.05, 0) is 49.2 Å². The molecule has 0 spiro atoms. The zero-order valence-electron chi connectivity index (χ0n) is 23.2. The molecule has 42 heavy (non-hydrogen) atoms. The van der Waals surface area contributed by atoms with Crippen LogP contribution in [0.3, 0.4) is 0 Å². The van der Waals surface area contributed by atoms with Crippen molar-refractivity contribution in [1.82, 2.24) is 19.9 Å². The normalized spacial score (nSPS) is 10.7. The lowest BCUT2D eigenvalue weighted by atomic mass is 10.0. The van der Waals surface area contributed by atoms with Crippen LogP contribution in [0.25, 0.3) is 11.1 Å². The first kappa shape index (κ1) is 30.4. The zero-order chi connectivity index (χ0) is 30.2. The zero-order valence-corrected chi connectivity index (χ0v) is 24.8. The lowest BCUT2D eigenvalue weighted by Gasteiger charge is -2.14. The van der Waals surface area contributed by atoms with E-state index in [0.29, 0.717) is 44.6 Å². The molecule has 4 rings (SSSR count). The Morgan fingerprint density at radius 2 is 1.12 bits per heavy atom. The molecule has 0 saturated carbocycles. The number of nitrogens with one attached hydrogen (secondary N) is 4. The largest absolute Gasteiger partial charge is 0.495 e. The fourth-order valence-corrected chi connectivity index (χ4v) is 5.27. The van der Waals surface area contributed by atoms with Crippen LogP contribution >= 0.6 is 23.5 Å². The molecule has 0 aliphatic carbocycles. The first-order chi connectivity index (χ1) is 20.1. The minimum Gasteiger partial charge on any atom is -0.495 e. The Hall–Kier alpha value is -4.56. The average molecular weight is 609 g/mol. The van der Waals surface area contributed by atoms with Gasteiger partial charge in [-0.15, -0.1) is 0 Å². The van der Waals surface area contributed by atoms with Crippen molar-refractivity contribution in [2.75, 3.05) is 36.4 Å².